The summed E-state index contributed by atoms with van der Waals surface area (Å²) < 4.78 is 0. The summed E-state index contributed by atoms with van der Waals surface area (Å²) in [4.78, 5) is 9.63. The van der Waals surface area contributed by atoms with Crippen molar-refractivity contribution in [2.75, 3.05) is 0 Å². The molecule has 0 aliphatic carbocycles. The van der Waals surface area contributed by atoms with E-state index in [-0.39, 0.29) is 38.6 Å². The summed E-state index contributed by atoms with van der Waals surface area (Å²) >= 11 is 0. The summed E-state index contributed by atoms with van der Waals surface area (Å²) in [5.74, 6) is -0.106. The first-order valence-corrected chi connectivity index (χ1v) is 3.80. The van der Waals surface area contributed by atoms with E-state index in [1.54, 1.807) is 0 Å². The van der Waals surface area contributed by atoms with Gasteiger partial charge in [-0.05, 0) is 0 Å². The Hall–Kier alpha value is -0.00610. The van der Waals surface area contributed by atoms with Gasteiger partial charge < -0.3 is 18.6 Å². The van der Waals surface area contributed by atoms with Crippen LogP contribution >= 0.6 is 0 Å². The van der Waals surface area contributed by atoms with E-state index in [0.29, 0.717) is 6.42 Å². The minimum Gasteiger partial charge on any atom is -0.345 e. The van der Waals surface area contributed by atoms with Crippen molar-refractivity contribution in [3.8, 4) is 0 Å². The van der Waals surface area contributed by atoms with Crippen LogP contribution in [-0.2, 0) is 37.5 Å². The van der Waals surface area contributed by atoms with Gasteiger partial charge in [0.25, 0.3) is 0 Å². The van der Waals surface area contributed by atoms with E-state index in [9.17, 15) is 4.79 Å². The molecule has 0 saturated carbocycles. The number of carbonyl (C=O) groups is 1. The summed E-state index contributed by atoms with van der Waals surface area (Å²) in [6.45, 7) is 6.91. The Morgan fingerprint density at radius 2 is 1.85 bits per heavy atom. The summed E-state index contributed by atoms with van der Waals surface area (Å²) in [5, 5.41) is 0. The number of hydrogen-bond donors (Lipinski definition) is 0. The summed E-state index contributed by atoms with van der Waals surface area (Å²) in [5.41, 5.74) is 0. The first kappa shape index (κ1) is 15.5. The molecule has 0 amide bonds. The second kappa shape index (κ2) is 12.0. The molecule has 0 spiro atoms. The van der Waals surface area contributed by atoms with Crippen LogP contribution in [0.3, 0.4) is 0 Å². The van der Waals surface area contributed by atoms with E-state index in [1.165, 1.54) is 0 Å². The molecule has 0 radical (unpaired) electrons. The molecule has 13 heavy (non-hydrogen) atoms. The number of aldehydes is 1. The Balaban J connectivity index is 0. The quantitative estimate of drug-likeness (QED) is 0.581. The first-order chi connectivity index (χ1) is 5.81. The second-order valence-corrected chi connectivity index (χ2v) is 2.26. The van der Waals surface area contributed by atoms with E-state index < -0.39 is 0 Å². The molecule has 1 nitrogen and oxygen atoms in total. The zero-order chi connectivity index (χ0) is 9.23. The summed E-state index contributed by atoms with van der Waals surface area (Å²) in [7, 11) is 0. The van der Waals surface area contributed by atoms with Crippen LogP contribution in [0.1, 0.15) is 6.42 Å². The molecular formula is C11H13OY. The van der Waals surface area contributed by atoms with Gasteiger partial charge in [-0.15, -0.1) is 5.92 Å². The first-order valence-electron chi connectivity index (χ1n) is 3.80. The van der Waals surface area contributed by atoms with E-state index >= 15 is 0 Å². The molecule has 2 heteroatoms. The van der Waals surface area contributed by atoms with E-state index in [1.807, 2.05) is 30.3 Å². The van der Waals surface area contributed by atoms with Crippen molar-refractivity contribution >= 4 is 6.29 Å². The third kappa shape index (κ3) is 12.0. The number of rotatable bonds is 2. The molecule has 0 fully saturated rings. The fourth-order valence-electron chi connectivity index (χ4n) is 0.410. The van der Waals surface area contributed by atoms with Crippen molar-refractivity contribution in [2.45, 2.75) is 6.42 Å². The Morgan fingerprint density at radius 3 is 1.92 bits per heavy atom. The predicted octanol–water partition coefficient (Wildman–Crippen LogP) is 2.34. The van der Waals surface area contributed by atoms with Gasteiger partial charge in [-0.2, -0.15) is 36.4 Å². The van der Waals surface area contributed by atoms with Gasteiger partial charge in [0.1, 0.15) is 0 Å². The Labute approximate surface area is 106 Å². The van der Waals surface area contributed by atoms with Gasteiger partial charge in [-0.3, -0.25) is 0 Å². The fraction of sp³-hybridized carbons (Fsp3) is 0.182. The molecule has 1 atom stereocenters. The van der Waals surface area contributed by atoms with Crippen LogP contribution in [0.25, 0.3) is 0 Å². The van der Waals surface area contributed by atoms with Crippen molar-refractivity contribution < 1.29 is 37.5 Å². The maximum Gasteiger partial charge on any atom is 3.00 e. The van der Waals surface area contributed by atoms with Crippen LogP contribution in [0.4, 0.5) is 0 Å². The molecule has 1 unspecified atom stereocenters. The second-order valence-electron chi connectivity index (χ2n) is 2.26. The minimum atomic E-state index is -0.106. The third-order valence-corrected chi connectivity index (χ3v) is 1.17. The van der Waals surface area contributed by atoms with Crippen molar-refractivity contribution in [2.24, 2.45) is 5.92 Å². The van der Waals surface area contributed by atoms with Crippen LogP contribution in [0, 0.1) is 25.8 Å². The van der Waals surface area contributed by atoms with Gasteiger partial charge in [0.05, 0.1) is 6.29 Å². The molecule has 0 aromatic heterocycles. The molecule has 0 bridgehead atoms. The Morgan fingerprint density at radius 1 is 1.31 bits per heavy atom. The fourth-order valence-corrected chi connectivity index (χ4v) is 0.410. The van der Waals surface area contributed by atoms with E-state index in [4.69, 9.17) is 0 Å². The van der Waals surface area contributed by atoms with Gasteiger partial charge in [-0.1, -0.05) is 0 Å². The number of hydrogen-bond acceptors (Lipinski definition) is 1. The standard InChI is InChI=1S/C6H5.C5H8O.Y/c1-2-4-6-5-3-1;1-3-5(2)4-6;/h1-5H;4-5H,1-3H2;/q-1;-2;+3. The van der Waals surface area contributed by atoms with Crippen molar-refractivity contribution in [3.05, 3.63) is 50.2 Å². The zero-order valence-corrected chi connectivity index (χ0v) is 10.5. The third-order valence-electron chi connectivity index (χ3n) is 1.17. The normalized spacial score (nSPS) is 10.0. The number of benzene rings is 1. The van der Waals surface area contributed by atoms with Crippen molar-refractivity contribution in [1.29, 1.82) is 0 Å². The van der Waals surface area contributed by atoms with Crippen LogP contribution < -0.4 is 0 Å². The minimum absolute atomic E-state index is 0. The van der Waals surface area contributed by atoms with Crippen molar-refractivity contribution in [1.82, 2.24) is 0 Å². The molecule has 0 aliphatic rings. The summed E-state index contributed by atoms with van der Waals surface area (Å²) in [6.07, 6.45) is 1.40. The van der Waals surface area contributed by atoms with Gasteiger partial charge in [-0.25, -0.2) is 6.42 Å². The Kier molecular flexibility index (Phi) is 14.3. The van der Waals surface area contributed by atoms with Crippen LogP contribution in [0.15, 0.2) is 30.3 Å². The molecule has 1 aromatic rings. The maximum absolute atomic E-state index is 9.63. The summed E-state index contributed by atoms with van der Waals surface area (Å²) in [6, 6.07) is 12.5. The molecule has 0 N–H and O–H groups in total. The largest absolute Gasteiger partial charge is 3.00 e. The molecule has 66 valence electrons. The van der Waals surface area contributed by atoms with Gasteiger partial charge in [0, 0.05) is 0 Å². The van der Waals surface area contributed by atoms with Gasteiger partial charge in [0.15, 0.2) is 0 Å². The van der Waals surface area contributed by atoms with Crippen LogP contribution in [0.2, 0.25) is 0 Å². The zero-order valence-electron chi connectivity index (χ0n) is 7.65. The van der Waals surface area contributed by atoms with Crippen LogP contribution in [0.5, 0.6) is 0 Å². The smallest absolute Gasteiger partial charge is 0.345 e. The topological polar surface area (TPSA) is 17.1 Å². The SMILES string of the molecule is [CH2-]CC([CH2-])C=O.[Y+3].[c-]1ccccc1. The molecule has 0 heterocycles. The van der Waals surface area contributed by atoms with Crippen molar-refractivity contribution in [3.63, 3.8) is 0 Å². The monoisotopic (exact) mass is 250 g/mol. The molecule has 1 aromatic carbocycles. The van der Waals surface area contributed by atoms with E-state index in [2.05, 4.69) is 19.9 Å². The molecule has 0 aliphatic heterocycles. The Bertz CT molecular complexity index is 160. The average molecular weight is 250 g/mol. The molecule has 1 rings (SSSR count). The van der Waals surface area contributed by atoms with Crippen LogP contribution in [-0.4, -0.2) is 6.29 Å². The number of carbonyl (C=O) groups excluding carboxylic acids is 1. The van der Waals surface area contributed by atoms with E-state index in [0.717, 1.165) is 6.29 Å². The molecule has 0 saturated heterocycles. The van der Waals surface area contributed by atoms with Gasteiger partial charge in [0.2, 0.25) is 0 Å². The van der Waals surface area contributed by atoms with Gasteiger partial charge >= 0.3 is 32.7 Å². The average Bonchev–Trinajstić information content (AvgIpc) is 2.20. The molecular weight excluding hydrogens is 237 g/mol. The maximum atomic E-state index is 9.63. The predicted molar refractivity (Wildman–Crippen MR) is 50.2 cm³/mol.